The summed E-state index contributed by atoms with van der Waals surface area (Å²) in [5.41, 5.74) is 2.64. The molecule has 0 aliphatic carbocycles. The van der Waals surface area contributed by atoms with E-state index < -0.39 is 6.03 Å². The number of hydrogen-bond acceptors (Lipinski definition) is 4. The van der Waals surface area contributed by atoms with Crippen molar-refractivity contribution in [2.75, 3.05) is 13.7 Å². The van der Waals surface area contributed by atoms with Crippen LogP contribution in [0.15, 0.2) is 0 Å². The first-order valence-corrected chi connectivity index (χ1v) is 4.08. The fraction of sp³-hybridized carbons (Fsp3) is 1.00. The van der Waals surface area contributed by atoms with E-state index in [1.165, 1.54) is 12.8 Å². The van der Waals surface area contributed by atoms with Crippen LogP contribution in [0.1, 0.15) is 26.2 Å². The highest BCUT2D eigenvalue weighted by Gasteiger charge is 2.45. The van der Waals surface area contributed by atoms with Gasteiger partial charge < -0.3 is 4.74 Å². The van der Waals surface area contributed by atoms with Crippen molar-refractivity contribution in [2.45, 2.75) is 32.2 Å². The molecule has 1 aliphatic heterocycles. The van der Waals surface area contributed by atoms with Crippen LogP contribution < -0.4 is 10.8 Å². The predicted octanol–water partition coefficient (Wildman–Crippen LogP) is 0.559. The summed E-state index contributed by atoms with van der Waals surface area (Å²) >= 11 is 0. The maximum Gasteiger partial charge on any atom is 0.330 e. The Morgan fingerprint density at radius 2 is 2.27 bits per heavy atom. The molecule has 1 rings (SSSR count). The van der Waals surface area contributed by atoms with Crippen LogP contribution in [0, 0.1) is 0 Å². The monoisotopic (exact) mass is 160 g/mol. The molecule has 11 heavy (non-hydrogen) atoms. The molecule has 0 radical (unpaired) electrons. The molecule has 1 fully saturated rings. The first-order chi connectivity index (χ1) is 5.33. The molecule has 1 heterocycles. The Balaban J connectivity index is 1.94. The lowest BCUT2D eigenvalue weighted by Crippen LogP contribution is -2.37. The second-order valence-electron chi connectivity index (χ2n) is 2.66. The summed E-state index contributed by atoms with van der Waals surface area (Å²) in [5, 5.41) is 3.10. The molecule has 1 aliphatic rings. The number of hydrogen-bond donors (Lipinski definition) is 2. The lowest BCUT2D eigenvalue weighted by molar-refractivity contribution is -0.0372. The smallest absolute Gasteiger partial charge is 0.325 e. The summed E-state index contributed by atoms with van der Waals surface area (Å²) in [7, 11) is 1.60. The minimum Gasteiger partial charge on any atom is -0.325 e. The topological polar surface area (TPSA) is 55.7 Å². The summed E-state index contributed by atoms with van der Waals surface area (Å²) in [6.07, 6.45) is 3.63. The quantitative estimate of drug-likeness (QED) is 0.338. The fourth-order valence-corrected chi connectivity index (χ4v) is 0.902. The van der Waals surface area contributed by atoms with Crippen molar-refractivity contribution in [1.82, 2.24) is 10.8 Å². The first kappa shape index (κ1) is 8.93. The molecule has 2 N–H and O–H groups in total. The average molecular weight is 160 g/mol. The molecule has 0 spiro atoms. The van der Waals surface area contributed by atoms with Crippen LogP contribution >= 0.6 is 0 Å². The van der Waals surface area contributed by atoms with Crippen LogP contribution in [0.2, 0.25) is 0 Å². The molecule has 0 aromatic heterocycles. The van der Waals surface area contributed by atoms with Gasteiger partial charge in [0.1, 0.15) is 0 Å². The van der Waals surface area contributed by atoms with Crippen molar-refractivity contribution in [1.29, 1.82) is 0 Å². The second kappa shape index (κ2) is 4.01. The standard InChI is InChI=1S/C7H16N2O2/c1-3-4-5-6-8-7(10-2)9-11-7/h8-9H,3-6H2,1-2H3. The largest absolute Gasteiger partial charge is 0.330 e. The highest BCUT2D eigenvalue weighted by Crippen LogP contribution is 2.15. The van der Waals surface area contributed by atoms with E-state index in [2.05, 4.69) is 17.7 Å². The summed E-state index contributed by atoms with van der Waals surface area (Å²) in [6, 6.07) is -0.659. The molecule has 0 aromatic rings. The number of nitrogens with one attached hydrogen (secondary N) is 2. The van der Waals surface area contributed by atoms with Gasteiger partial charge in [0.25, 0.3) is 0 Å². The van der Waals surface area contributed by atoms with Crippen molar-refractivity contribution in [3.8, 4) is 0 Å². The van der Waals surface area contributed by atoms with Crippen molar-refractivity contribution in [2.24, 2.45) is 0 Å². The zero-order chi connectivity index (χ0) is 8.16. The molecule has 0 saturated carbocycles. The Hall–Kier alpha value is -0.160. The third kappa shape index (κ3) is 2.75. The molecule has 1 saturated heterocycles. The molecule has 1 atom stereocenters. The van der Waals surface area contributed by atoms with Gasteiger partial charge in [-0.05, 0) is 6.42 Å². The maximum atomic E-state index is 4.98. The maximum absolute atomic E-state index is 4.98. The minimum absolute atomic E-state index is 0.659. The number of unbranched alkanes of at least 4 members (excludes halogenated alkanes) is 2. The molecule has 4 nitrogen and oxygen atoms in total. The molecular formula is C7H16N2O2. The fourth-order valence-electron chi connectivity index (χ4n) is 0.902. The predicted molar refractivity (Wildman–Crippen MR) is 41.5 cm³/mol. The van der Waals surface area contributed by atoms with Gasteiger partial charge in [-0.15, -0.1) is 5.48 Å². The van der Waals surface area contributed by atoms with Gasteiger partial charge in [-0.2, -0.15) is 0 Å². The minimum atomic E-state index is -0.659. The average Bonchev–Trinajstić information content (AvgIpc) is 2.80. The van der Waals surface area contributed by atoms with Gasteiger partial charge in [-0.3, -0.25) is 0 Å². The van der Waals surface area contributed by atoms with Gasteiger partial charge in [0.05, 0.1) is 0 Å². The van der Waals surface area contributed by atoms with E-state index in [-0.39, 0.29) is 0 Å². The summed E-state index contributed by atoms with van der Waals surface area (Å²) in [5.74, 6) is 0. The Bertz CT molecular complexity index is 115. The Labute approximate surface area is 67.2 Å². The van der Waals surface area contributed by atoms with Crippen molar-refractivity contribution in [3.05, 3.63) is 0 Å². The highest BCUT2D eigenvalue weighted by molar-refractivity contribution is 4.67. The summed E-state index contributed by atoms with van der Waals surface area (Å²) in [4.78, 5) is 4.84. The Morgan fingerprint density at radius 1 is 1.55 bits per heavy atom. The molecule has 0 amide bonds. The highest BCUT2D eigenvalue weighted by atomic mass is 17.0. The van der Waals surface area contributed by atoms with E-state index in [0.29, 0.717) is 0 Å². The van der Waals surface area contributed by atoms with Crippen LogP contribution in [0.25, 0.3) is 0 Å². The van der Waals surface area contributed by atoms with E-state index in [9.17, 15) is 0 Å². The van der Waals surface area contributed by atoms with Crippen LogP contribution in [-0.2, 0) is 9.57 Å². The zero-order valence-electron chi connectivity index (χ0n) is 7.14. The first-order valence-electron chi connectivity index (χ1n) is 4.08. The third-order valence-corrected chi connectivity index (χ3v) is 1.71. The molecule has 0 aromatic carbocycles. The van der Waals surface area contributed by atoms with Crippen LogP contribution in [-0.4, -0.2) is 19.7 Å². The van der Waals surface area contributed by atoms with Gasteiger partial charge in [0.2, 0.25) is 0 Å². The van der Waals surface area contributed by atoms with E-state index in [0.717, 1.165) is 13.0 Å². The van der Waals surface area contributed by atoms with Gasteiger partial charge in [-0.1, -0.05) is 19.8 Å². The molecule has 66 valence electrons. The summed E-state index contributed by atoms with van der Waals surface area (Å²) in [6.45, 7) is 3.10. The van der Waals surface area contributed by atoms with E-state index >= 15 is 0 Å². The normalized spacial score (nSPS) is 28.9. The molecule has 0 bridgehead atoms. The van der Waals surface area contributed by atoms with Gasteiger partial charge in [0, 0.05) is 13.7 Å². The summed E-state index contributed by atoms with van der Waals surface area (Å²) < 4.78 is 4.98. The van der Waals surface area contributed by atoms with E-state index in [4.69, 9.17) is 9.57 Å². The number of ether oxygens (including phenoxy) is 1. The van der Waals surface area contributed by atoms with Gasteiger partial charge >= 0.3 is 6.03 Å². The van der Waals surface area contributed by atoms with Crippen LogP contribution in [0.3, 0.4) is 0 Å². The molecular weight excluding hydrogens is 144 g/mol. The van der Waals surface area contributed by atoms with Crippen LogP contribution in [0.5, 0.6) is 0 Å². The zero-order valence-corrected chi connectivity index (χ0v) is 7.14. The number of methoxy groups -OCH3 is 1. The lowest BCUT2D eigenvalue weighted by atomic mass is 10.2. The van der Waals surface area contributed by atoms with E-state index in [1.54, 1.807) is 7.11 Å². The Morgan fingerprint density at radius 3 is 2.73 bits per heavy atom. The Kier molecular flexibility index (Phi) is 3.26. The van der Waals surface area contributed by atoms with Crippen molar-refractivity contribution in [3.63, 3.8) is 0 Å². The lowest BCUT2D eigenvalue weighted by Gasteiger charge is -2.08. The van der Waals surface area contributed by atoms with Gasteiger partial charge in [-0.25, -0.2) is 10.2 Å². The second-order valence-corrected chi connectivity index (χ2v) is 2.66. The molecule has 1 unspecified atom stereocenters. The van der Waals surface area contributed by atoms with Crippen molar-refractivity contribution >= 4 is 0 Å². The third-order valence-electron chi connectivity index (χ3n) is 1.71. The molecule has 4 heteroatoms. The number of rotatable bonds is 6. The van der Waals surface area contributed by atoms with Crippen molar-refractivity contribution < 1.29 is 9.57 Å². The van der Waals surface area contributed by atoms with Gasteiger partial charge in [0.15, 0.2) is 0 Å². The number of hydroxylamine groups is 1. The SMILES string of the molecule is CCCCCNC1(OC)NO1. The van der Waals surface area contributed by atoms with Crippen LogP contribution in [0.4, 0.5) is 0 Å². The van der Waals surface area contributed by atoms with E-state index in [1.807, 2.05) is 0 Å².